The average Bonchev–Trinajstić information content (AvgIpc) is 2.28. The standard InChI is InChI=1S/C13H18BrF5O/c14-8-5-10(15)12(11(16)6-8)7-1-3-9(4-2-7)20-13(17,18)19/h7-12H,1-6H2. The first-order valence-corrected chi connectivity index (χ1v) is 7.84. The molecule has 2 atom stereocenters. The Balaban J connectivity index is 1.87. The second-order valence-corrected chi connectivity index (χ2v) is 7.07. The van der Waals surface area contributed by atoms with E-state index in [1.807, 2.05) is 0 Å². The fraction of sp³-hybridized carbons (Fsp3) is 1.00. The van der Waals surface area contributed by atoms with E-state index in [2.05, 4.69) is 20.7 Å². The van der Waals surface area contributed by atoms with Gasteiger partial charge in [0.2, 0.25) is 0 Å². The number of alkyl halides is 6. The smallest absolute Gasteiger partial charge is 0.289 e. The summed E-state index contributed by atoms with van der Waals surface area (Å²) in [5.74, 6) is -0.844. The van der Waals surface area contributed by atoms with Crippen molar-refractivity contribution in [1.82, 2.24) is 0 Å². The Morgan fingerprint density at radius 3 is 1.85 bits per heavy atom. The summed E-state index contributed by atoms with van der Waals surface area (Å²) < 4.78 is 68.4. The lowest BCUT2D eigenvalue weighted by Crippen LogP contribution is -2.42. The van der Waals surface area contributed by atoms with Gasteiger partial charge in [-0.2, -0.15) is 0 Å². The molecule has 20 heavy (non-hydrogen) atoms. The van der Waals surface area contributed by atoms with Gasteiger partial charge in [0.05, 0.1) is 6.10 Å². The average molecular weight is 365 g/mol. The van der Waals surface area contributed by atoms with Crippen LogP contribution in [0.25, 0.3) is 0 Å². The van der Waals surface area contributed by atoms with Crippen molar-refractivity contribution in [3.8, 4) is 0 Å². The first kappa shape index (κ1) is 16.5. The molecule has 2 aliphatic rings. The van der Waals surface area contributed by atoms with Crippen molar-refractivity contribution in [2.24, 2.45) is 11.8 Å². The molecule has 0 radical (unpaired) electrons. The minimum absolute atomic E-state index is 0.145. The van der Waals surface area contributed by atoms with Gasteiger partial charge in [-0.3, -0.25) is 4.74 Å². The second-order valence-electron chi connectivity index (χ2n) is 5.78. The highest BCUT2D eigenvalue weighted by atomic mass is 79.9. The van der Waals surface area contributed by atoms with Crippen LogP contribution < -0.4 is 0 Å². The number of ether oxygens (including phenoxy) is 1. The van der Waals surface area contributed by atoms with Crippen molar-refractivity contribution in [1.29, 1.82) is 0 Å². The predicted octanol–water partition coefficient (Wildman–Crippen LogP) is 4.93. The predicted molar refractivity (Wildman–Crippen MR) is 68.1 cm³/mol. The van der Waals surface area contributed by atoms with Crippen molar-refractivity contribution in [3.05, 3.63) is 0 Å². The fourth-order valence-corrected chi connectivity index (χ4v) is 4.21. The summed E-state index contributed by atoms with van der Waals surface area (Å²) in [7, 11) is 0. The molecule has 7 heteroatoms. The summed E-state index contributed by atoms with van der Waals surface area (Å²) >= 11 is 3.24. The van der Waals surface area contributed by atoms with E-state index in [-0.39, 0.29) is 36.4 Å². The quantitative estimate of drug-likeness (QED) is 0.498. The van der Waals surface area contributed by atoms with Crippen LogP contribution >= 0.6 is 15.9 Å². The summed E-state index contributed by atoms with van der Waals surface area (Å²) in [5.41, 5.74) is 0. The van der Waals surface area contributed by atoms with Gasteiger partial charge < -0.3 is 0 Å². The van der Waals surface area contributed by atoms with Crippen molar-refractivity contribution in [2.75, 3.05) is 0 Å². The Hall–Kier alpha value is 0.0900. The van der Waals surface area contributed by atoms with Crippen molar-refractivity contribution in [2.45, 2.75) is 68.2 Å². The Kier molecular flexibility index (Phi) is 5.32. The van der Waals surface area contributed by atoms with Crippen molar-refractivity contribution in [3.63, 3.8) is 0 Å². The molecule has 2 aliphatic carbocycles. The minimum atomic E-state index is -4.63. The topological polar surface area (TPSA) is 9.23 Å². The molecule has 1 nitrogen and oxygen atoms in total. The molecule has 118 valence electrons. The van der Waals surface area contributed by atoms with Gasteiger partial charge in [0.25, 0.3) is 0 Å². The number of hydrogen-bond acceptors (Lipinski definition) is 1. The third-order valence-electron chi connectivity index (χ3n) is 4.36. The van der Waals surface area contributed by atoms with E-state index in [1.54, 1.807) is 0 Å². The molecule has 2 unspecified atom stereocenters. The molecule has 2 fully saturated rings. The van der Waals surface area contributed by atoms with Crippen LogP contribution in [0.4, 0.5) is 22.0 Å². The first-order chi connectivity index (χ1) is 9.26. The molecule has 0 bridgehead atoms. The SMILES string of the molecule is FC1CC(Br)CC(F)C1C1CCC(OC(F)(F)F)CC1. The molecular formula is C13H18BrF5O. The number of hydrogen-bond donors (Lipinski definition) is 0. The molecular weight excluding hydrogens is 347 g/mol. The third kappa shape index (κ3) is 4.29. The van der Waals surface area contributed by atoms with Gasteiger partial charge in [-0.1, -0.05) is 15.9 Å². The zero-order valence-electron chi connectivity index (χ0n) is 10.9. The zero-order valence-corrected chi connectivity index (χ0v) is 12.5. The summed E-state index contributed by atoms with van der Waals surface area (Å²) in [4.78, 5) is -0.145. The zero-order chi connectivity index (χ0) is 14.9. The highest BCUT2D eigenvalue weighted by Gasteiger charge is 2.44. The molecule has 0 aromatic rings. The normalized spacial score (nSPS) is 43.5. The van der Waals surface area contributed by atoms with E-state index >= 15 is 0 Å². The largest absolute Gasteiger partial charge is 0.522 e. The maximum Gasteiger partial charge on any atom is 0.522 e. The highest BCUT2D eigenvalue weighted by molar-refractivity contribution is 9.09. The van der Waals surface area contributed by atoms with Crippen molar-refractivity contribution >= 4 is 15.9 Å². The molecule has 0 N–H and O–H groups in total. The third-order valence-corrected chi connectivity index (χ3v) is 5.11. The summed E-state index contributed by atoms with van der Waals surface area (Å²) in [6.45, 7) is 0. The molecule has 0 aliphatic heterocycles. The van der Waals surface area contributed by atoms with E-state index in [9.17, 15) is 22.0 Å². The molecule has 2 rings (SSSR count). The van der Waals surface area contributed by atoms with Crippen LogP contribution in [0.2, 0.25) is 0 Å². The molecule has 0 heterocycles. The number of rotatable bonds is 2. The van der Waals surface area contributed by atoms with Crippen LogP contribution in [0, 0.1) is 11.8 Å². The molecule has 0 aromatic heterocycles. The van der Waals surface area contributed by atoms with Crippen LogP contribution in [0.15, 0.2) is 0 Å². The van der Waals surface area contributed by atoms with Gasteiger partial charge in [0.15, 0.2) is 0 Å². The lowest BCUT2D eigenvalue weighted by molar-refractivity contribution is -0.346. The van der Waals surface area contributed by atoms with E-state index in [1.165, 1.54) is 0 Å². The van der Waals surface area contributed by atoms with Crippen LogP contribution in [-0.4, -0.2) is 29.6 Å². The van der Waals surface area contributed by atoms with Crippen LogP contribution in [0.1, 0.15) is 38.5 Å². The molecule has 2 saturated carbocycles. The maximum absolute atomic E-state index is 14.0. The van der Waals surface area contributed by atoms with E-state index in [0.29, 0.717) is 12.8 Å². The van der Waals surface area contributed by atoms with Gasteiger partial charge in [-0.15, -0.1) is 13.2 Å². The Morgan fingerprint density at radius 1 is 0.900 bits per heavy atom. The molecule has 0 spiro atoms. The Bertz CT molecular complexity index is 304. The van der Waals surface area contributed by atoms with Gasteiger partial charge in [0.1, 0.15) is 12.3 Å². The summed E-state index contributed by atoms with van der Waals surface area (Å²) in [5, 5.41) is 0. The van der Waals surface area contributed by atoms with Gasteiger partial charge >= 0.3 is 6.36 Å². The molecule has 0 aromatic carbocycles. The molecule has 0 amide bonds. The van der Waals surface area contributed by atoms with Crippen LogP contribution in [0.5, 0.6) is 0 Å². The van der Waals surface area contributed by atoms with Gasteiger partial charge in [-0.25, -0.2) is 8.78 Å². The van der Waals surface area contributed by atoms with Gasteiger partial charge in [0, 0.05) is 10.7 Å². The summed E-state index contributed by atoms with van der Waals surface area (Å²) in [6, 6.07) is 0. The summed E-state index contributed by atoms with van der Waals surface area (Å²) in [6.07, 6.45) is -6.12. The lowest BCUT2D eigenvalue weighted by atomic mass is 9.71. The maximum atomic E-state index is 14.0. The number of halogens is 6. The van der Waals surface area contributed by atoms with Gasteiger partial charge in [-0.05, 0) is 44.4 Å². The van der Waals surface area contributed by atoms with Crippen molar-refractivity contribution < 1.29 is 26.7 Å². The minimum Gasteiger partial charge on any atom is -0.289 e. The highest BCUT2D eigenvalue weighted by Crippen LogP contribution is 2.43. The molecule has 0 saturated heterocycles. The first-order valence-electron chi connectivity index (χ1n) is 6.93. The van der Waals surface area contributed by atoms with Crippen LogP contribution in [0.3, 0.4) is 0 Å². The Labute approximate surface area is 123 Å². The monoisotopic (exact) mass is 364 g/mol. The van der Waals surface area contributed by atoms with Crippen LogP contribution in [-0.2, 0) is 4.74 Å². The Morgan fingerprint density at radius 2 is 1.40 bits per heavy atom. The van der Waals surface area contributed by atoms with E-state index in [0.717, 1.165) is 0 Å². The second kappa shape index (κ2) is 6.46. The van der Waals surface area contributed by atoms with E-state index in [4.69, 9.17) is 0 Å². The van der Waals surface area contributed by atoms with E-state index < -0.39 is 30.7 Å². The lowest BCUT2D eigenvalue weighted by Gasteiger charge is -2.40. The fourth-order valence-electron chi connectivity index (χ4n) is 3.50.